The second-order valence-electron chi connectivity index (χ2n) is 6.13. The summed E-state index contributed by atoms with van der Waals surface area (Å²) in [6.45, 7) is 3.30. The van der Waals surface area contributed by atoms with E-state index >= 15 is 0 Å². The van der Waals surface area contributed by atoms with E-state index in [0.29, 0.717) is 23.3 Å². The molecule has 7 nitrogen and oxygen atoms in total. The highest BCUT2D eigenvalue weighted by atomic mass is 32.2. The summed E-state index contributed by atoms with van der Waals surface area (Å²) < 4.78 is 31.5. The van der Waals surface area contributed by atoms with Crippen molar-refractivity contribution in [3.05, 3.63) is 54.1 Å². The van der Waals surface area contributed by atoms with E-state index in [1.165, 1.54) is 35.6 Å². The maximum absolute atomic E-state index is 12.4. The Hall–Kier alpha value is -2.71. The van der Waals surface area contributed by atoms with Crippen LogP contribution in [-0.4, -0.2) is 44.6 Å². The van der Waals surface area contributed by atoms with Gasteiger partial charge in [0.1, 0.15) is 5.75 Å². The van der Waals surface area contributed by atoms with Crippen molar-refractivity contribution in [3.63, 3.8) is 0 Å². The van der Waals surface area contributed by atoms with Gasteiger partial charge in [-0.3, -0.25) is 9.59 Å². The Morgan fingerprint density at radius 2 is 1.78 bits per heavy atom. The summed E-state index contributed by atoms with van der Waals surface area (Å²) in [4.78, 5) is 23.1. The zero-order valence-corrected chi connectivity index (χ0v) is 16.2. The molecule has 0 radical (unpaired) electrons. The number of aldehydes is 1. The Labute approximate surface area is 159 Å². The van der Waals surface area contributed by atoms with Crippen LogP contribution in [0.4, 0.5) is 5.69 Å². The zero-order chi connectivity index (χ0) is 20.0. The SMILES string of the molecule is CC(C)N(C)S(=O)(=O)c1ccc(NC(=O)COc2ccccc2C=O)cc1. The van der Waals surface area contributed by atoms with Gasteiger partial charge < -0.3 is 10.1 Å². The van der Waals surface area contributed by atoms with Crippen molar-refractivity contribution in [1.82, 2.24) is 4.31 Å². The van der Waals surface area contributed by atoms with Crippen LogP contribution in [0.3, 0.4) is 0 Å². The lowest BCUT2D eigenvalue weighted by atomic mass is 10.2. The number of carbonyl (C=O) groups excluding carboxylic acids is 2. The van der Waals surface area contributed by atoms with Crippen LogP contribution < -0.4 is 10.1 Å². The lowest BCUT2D eigenvalue weighted by Gasteiger charge is -2.21. The first-order chi connectivity index (χ1) is 12.8. The molecule has 1 N–H and O–H groups in total. The van der Waals surface area contributed by atoms with Crippen LogP contribution in [-0.2, 0) is 14.8 Å². The van der Waals surface area contributed by atoms with E-state index in [0.717, 1.165) is 0 Å². The first kappa shape index (κ1) is 20.6. The number of nitrogens with one attached hydrogen (secondary N) is 1. The van der Waals surface area contributed by atoms with Gasteiger partial charge in [-0.2, -0.15) is 4.31 Å². The number of para-hydroxylation sites is 1. The van der Waals surface area contributed by atoms with Crippen molar-refractivity contribution in [2.45, 2.75) is 24.8 Å². The van der Waals surface area contributed by atoms with Crippen LogP contribution in [0, 0.1) is 0 Å². The van der Waals surface area contributed by atoms with E-state index in [1.807, 2.05) is 0 Å². The van der Waals surface area contributed by atoms with Crippen LogP contribution >= 0.6 is 0 Å². The highest BCUT2D eigenvalue weighted by Crippen LogP contribution is 2.19. The van der Waals surface area contributed by atoms with Gasteiger partial charge in [0.25, 0.3) is 5.91 Å². The van der Waals surface area contributed by atoms with Crippen molar-refractivity contribution in [3.8, 4) is 5.75 Å². The first-order valence-corrected chi connectivity index (χ1v) is 9.74. The van der Waals surface area contributed by atoms with Crippen LogP contribution in [0.1, 0.15) is 24.2 Å². The standard InChI is InChI=1S/C19H22N2O5S/c1-14(2)21(3)27(24,25)17-10-8-16(9-11-17)20-19(23)13-26-18-7-5-4-6-15(18)12-22/h4-12,14H,13H2,1-3H3,(H,20,23). The van der Waals surface area contributed by atoms with E-state index < -0.39 is 15.9 Å². The van der Waals surface area contributed by atoms with Crippen molar-refractivity contribution in [2.24, 2.45) is 0 Å². The van der Waals surface area contributed by atoms with E-state index in [2.05, 4.69) is 5.32 Å². The molecule has 0 fully saturated rings. The monoisotopic (exact) mass is 390 g/mol. The second kappa shape index (κ2) is 8.79. The predicted molar refractivity (Wildman–Crippen MR) is 102 cm³/mol. The Morgan fingerprint density at radius 1 is 1.15 bits per heavy atom. The number of amides is 1. The van der Waals surface area contributed by atoms with Gasteiger partial charge in [0.2, 0.25) is 10.0 Å². The molecule has 2 aromatic carbocycles. The number of rotatable bonds is 8. The van der Waals surface area contributed by atoms with Crippen LogP contribution in [0.2, 0.25) is 0 Å². The van der Waals surface area contributed by atoms with Crippen molar-refractivity contribution >= 4 is 27.9 Å². The van der Waals surface area contributed by atoms with Crippen molar-refractivity contribution < 1.29 is 22.7 Å². The summed E-state index contributed by atoms with van der Waals surface area (Å²) in [5.74, 6) is -0.105. The molecule has 0 aromatic heterocycles. The molecule has 8 heteroatoms. The molecule has 0 atom stereocenters. The fourth-order valence-corrected chi connectivity index (χ4v) is 3.57. The molecule has 2 aromatic rings. The minimum atomic E-state index is -3.57. The molecule has 144 valence electrons. The molecule has 1 amide bonds. The molecule has 0 saturated heterocycles. The third-order valence-electron chi connectivity index (χ3n) is 3.95. The summed E-state index contributed by atoms with van der Waals surface area (Å²) in [7, 11) is -2.06. The van der Waals surface area contributed by atoms with Gasteiger partial charge in [0, 0.05) is 18.8 Å². The highest BCUT2D eigenvalue weighted by molar-refractivity contribution is 7.89. The first-order valence-electron chi connectivity index (χ1n) is 8.30. The maximum atomic E-state index is 12.4. The molecule has 2 rings (SSSR count). The Bertz CT molecular complexity index is 908. The Morgan fingerprint density at radius 3 is 2.37 bits per heavy atom. The average Bonchev–Trinajstić information content (AvgIpc) is 2.66. The summed E-state index contributed by atoms with van der Waals surface area (Å²) >= 11 is 0. The van der Waals surface area contributed by atoms with Gasteiger partial charge in [-0.1, -0.05) is 12.1 Å². The van der Waals surface area contributed by atoms with Crippen molar-refractivity contribution in [2.75, 3.05) is 19.0 Å². The van der Waals surface area contributed by atoms with Crippen LogP contribution in [0.15, 0.2) is 53.4 Å². The second-order valence-corrected chi connectivity index (χ2v) is 8.13. The summed E-state index contributed by atoms with van der Waals surface area (Å²) in [5, 5.41) is 2.62. The Kier molecular flexibility index (Phi) is 6.70. The molecule has 0 saturated carbocycles. The zero-order valence-electron chi connectivity index (χ0n) is 15.4. The molecule has 0 aliphatic heterocycles. The predicted octanol–water partition coefficient (Wildman–Crippen LogP) is 2.55. The van der Waals surface area contributed by atoms with Gasteiger partial charge in [-0.25, -0.2) is 8.42 Å². The minimum Gasteiger partial charge on any atom is -0.483 e. The molecule has 27 heavy (non-hydrogen) atoms. The van der Waals surface area contributed by atoms with Crippen LogP contribution in [0.5, 0.6) is 5.75 Å². The topological polar surface area (TPSA) is 92.8 Å². The van der Waals surface area contributed by atoms with Gasteiger partial charge in [0.15, 0.2) is 12.9 Å². The fourth-order valence-electron chi connectivity index (χ4n) is 2.20. The number of sulfonamides is 1. The molecule has 0 unspecified atom stereocenters. The number of hydrogen-bond acceptors (Lipinski definition) is 5. The van der Waals surface area contributed by atoms with Crippen molar-refractivity contribution in [1.29, 1.82) is 0 Å². The van der Waals surface area contributed by atoms with E-state index in [-0.39, 0.29) is 17.5 Å². The van der Waals surface area contributed by atoms with E-state index in [1.54, 1.807) is 38.1 Å². The highest BCUT2D eigenvalue weighted by Gasteiger charge is 2.22. The molecule has 0 aliphatic carbocycles. The molecule has 0 aliphatic rings. The Balaban J connectivity index is 2.00. The molecule has 0 heterocycles. The number of benzene rings is 2. The lowest BCUT2D eigenvalue weighted by molar-refractivity contribution is -0.118. The molecular formula is C19H22N2O5S. The molecular weight excluding hydrogens is 368 g/mol. The smallest absolute Gasteiger partial charge is 0.262 e. The number of hydrogen-bond donors (Lipinski definition) is 1. The minimum absolute atomic E-state index is 0.146. The van der Waals surface area contributed by atoms with Gasteiger partial charge in [-0.15, -0.1) is 0 Å². The number of ether oxygens (including phenoxy) is 1. The normalized spacial score (nSPS) is 11.4. The van der Waals surface area contributed by atoms with Gasteiger partial charge in [-0.05, 0) is 50.2 Å². The fraction of sp³-hybridized carbons (Fsp3) is 0.263. The number of carbonyl (C=O) groups is 2. The summed E-state index contributed by atoms with van der Waals surface area (Å²) in [6.07, 6.45) is 0.653. The lowest BCUT2D eigenvalue weighted by Crippen LogP contribution is -2.33. The van der Waals surface area contributed by atoms with E-state index in [9.17, 15) is 18.0 Å². The van der Waals surface area contributed by atoms with Gasteiger partial charge in [0.05, 0.1) is 10.5 Å². The third-order valence-corrected chi connectivity index (χ3v) is 5.99. The number of anilines is 1. The maximum Gasteiger partial charge on any atom is 0.262 e. The summed E-state index contributed by atoms with van der Waals surface area (Å²) in [6, 6.07) is 12.3. The third kappa shape index (κ3) is 5.15. The van der Waals surface area contributed by atoms with Gasteiger partial charge >= 0.3 is 0 Å². The molecule has 0 spiro atoms. The number of nitrogens with zero attached hydrogens (tertiary/aromatic N) is 1. The summed E-state index contributed by atoms with van der Waals surface area (Å²) in [5.41, 5.74) is 0.799. The van der Waals surface area contributed by atoms with Crippen LogP contribution in [0.25, 0.3) is 0 Å². The average molecular weight is 390 g/mol. The largest absolute Gasteiger partial charge is 0.483 e. The molecule has 0 bridgehead atoms. The quantitative estimate of drug-likeness (QED) is 0.699. The van der Waals surface area contributed by atoms with E-state index in [4.69, 9.17) is 4.74 Å².